The van der Waals surface area contributed by atoms with Gasteiger partial charge in [0.15, 0.2) is 0 Å². The molecular weight excluding hydrogens is 354 g/mol. The predicted molar refractivity (Wildman–Crippen MR) is 112 cm³/mol. The van der Waals surface area contributed by atoms with Crippen LogP contribution in [-0.4, -0.2) is 16.7 Å². The topological polar surface area (TPSA) is 119 Å². The standard InChI is InChI=1S/C21H19N5O2/c1-2-28-14-5-8-17-16(11-14)21(23)15-6-4-13(10-19(15)24-17)25-26-18-7-3-12(22)9-20(18)27/h3-11,27H,2,22H2,1H3,(H2,23,24). The van der Waals surface area contributed by atoms with E-state index in [1.165, 1.54) is 6.07 Å². The zero-order valence-electron chi connectivity index (χ0n) is 15.3. The molecule has 4 aromatic rings. The van der Waals surface area contributed by atoms with Crippen LogP contribution in [0.3, 0.4) is 0 Å². The highest BCUT2D eigenvalue weighted by molar-refractivity contribution is 6.07. The number of pyridine rings is 1. The van der Waals surface area contributed by atoms with Crippen LogP contribution < -0.4 is 16.2 Å². The van der Waals surface area contributed by atoms with Gasteiger partial charge in [0.05, 0.1) is 29.0 Å². The Balaban J connectivity index is 1.75. The number of phenolic OH excluding ortho intramolecular Hbond substituents is 1. The van der Waals surface area contributed by atoms with Gasteiger partial charge < -0.3 is 21.3 Å². The first-order valence-corrected chi connectivity index (χ1v) is 8.81. The molecule has 0 aliphatic carbocycles. The summed E-state index contributed by atoms with van der Waals surface area (Å²) in [6.45, 7) is 2.52. The number of phenols is 1. The fraction of sp³-hybridized carbons (Fsp3) is 0.0952. The quantitative estimate of drug-likeness (QED) is 0.262. The molecule has 0 fully saturated rings. The number of aromatic hydroxyl groups is 1. The first-order chi connectivity index (χ1) is 13.5. The van der Waals surface area contributed by atoms with E-state index in [4.69, 9.17) is 16.2 Å². The molecule has 0 radical (unpaired) electrons. The highest BCUT2D eigenvalue weighted by atomic mass is 16.5. The summed E-state index contributed by atoms with van der Waals surface area (Å²) in [6, 6.07) is 15.8. The van der Waals surface area contributed by atoms with Gasteiger partial charge in [-0.25, -0.2) is 4.98 Å². The van der Waals surface area contributed by atoms with E-state index in [-0.39, 0.29) is 5.75 Å². The Kier molecular flexibility index (Phi) is 4.41. The Morgan fingerprint density at radius 2 is 1.79 bits per heavy atom. The van der Waals surface area contributed by atoms with Crippen LogP contribution in [0.15, 0.2) is 64.8 Å². The smallest absolute Gasteiger partial charge is 0.145 e. The fourth-order valence-corrected chi connectivity index (χ4v) is 3.00. The number of ether oxygens (including phenoxy) is 1. The molecule has 28 heavy (non-hydrogen) atoms. The first-order valence-electron chi connectivity index (χ1n) is 8.81. The lowest BCUT2D eigenvalue weighted by atomic mass is 10.1. The monoisotopic (exact) mass is 373 g/mol. The van der Waals surface area contributed by atoms with Crippen LogP contribution in [0.5, 0.6) is 11.5 Å². The van der Waals surface area contributed by atoms with E-state index >= 15 is 0 Å². The van der Waals surface area contributed by atoms with Gasteiger partial charge in [-0.2, -0.15) is 5.11 Å². The maximum atomic E-state index is 9.88. The Labute approximate surface area is 161 Å². The van der Waals surface area contributed by atoms with Crippen molar-refractivity contribution in [3.05, 3.63) is 54.6 Å². The molecular formula is C21H19N5O2. The highest BCUT2D eigenvalue weighted by Crippen LogP contribution is 2.34. The minimum absolute atomic E-state index is 0.0250. The molecule has 0 aliphatic heterocycles. The maximum absolute atomic E-state index is 9.88. The molecule has 1 aromatic heterocycles. The number of azo groups is 1. The SMILES string of the molecule is CCOc1ccc2nc3cc(N=Nc4ccc(N)cc4O)ccc3c(N)c2c1. The number of nitrogen functional groups attached to an aromatic ring is 2. The summed E-state index contributed by atoms with van der Waals surface area (Å²) in [7, 11) is 0. The van der Waals surface area contributed by atoms with Crippen molar-refractivity contribution in [1.29, 1.82) is 0 Å². The third kappa shape index (κ3) is 3.25. The predicted octanol–water partition coefficient (Wildman–Crippen LogP) is 5.07. The molecule has 0 atom stereocenters. The molecule has 140 valence electrons. The molecule has 0 saturated carbocycles. The van der Waals surface area contributed by atoms with Crippen molar-refractivity contribution in [3.63, 3.8) is 0 Å². The normalized spacial score (nSPS) is 11.5. The van der Waals surface area contributed by atoms with Gasteiger partial charge in [-0.1, -0.05) is 0 Å². The second kappa shape index (κ2) is 7.03. The maximum Gasteiger partial charge on any atom is 0.145 e. The minimum atomic E-state index is -0.0250. The van der Waals surface area contributed by atoms with Crippen LogP contribution in [0.25, 0.3) is 21.8 Å². The summed E-state index contributed by atoms with van der Waals surface area (Å²) in [5.74, 6) is 0.736. The zero-order chi connectivity index (χ0) is 19.7. The second-order valence-electron chi connectivity index (χ2n) is 6.29. The molecule has 0 aliphatic rings. The lowest BCUT2D eigenvalue weighted by Crippen LogP contribution is -1.95. The molecule has 3 aromatic carbocycles. The number of benzene rings is 3. The number of anilines is 2. The van der Waals surface area contributed by atoms with Crippen molar-refractivity contribution in [3.8, 4) is 11.5 Å². The largest absolute Gasteiger partial charge is 0.506 e. The average Bonchev–Trinajstić information content (AvgIpc) is 2.68. The van der Waals surface area contributed by atoms with Crippen LogP contribution in [0.2, 0.25) is 0 Å². The Bertz CT molecular complexity index is 1220. The molecule has 0 bridgehead atoms. The zero-order valence-corrected chi connectivity index (χ0v) is 15.3. The van der Waals surface area contributed by atoms with Crippen molar-refractivity contribution in [2.24, 2.45) is 10.2 Å². The molecule has 0 amide bonds. The van der Waals surface area contributed by atoms with Crippen LogP contribution in [0.4, 0.5) is 22.7 Å². The van der Waals surface area contributed by atoms with Gasteiger partial charge in [0.2, 0.25) is 0 Å². The van der Waals surface area contributed by atoms with Crippen molar-refractivity contribution < 1.29 is 9.84 Å². The number of nitrogens with zero attached hydrogens (tertiary/aromatic N) is 3. The van der Waals surface area contributed by atoms with E-state index in [2.05, 4.69) is 15.2 Å². The lowest BCUT2D eigenvalue weighted by Gasteiger charge is -2.09. The molecule has 5 N–H and O–H groups in total. The molecule has 0 spiro atoms. The number of nitrogens with two attached hydrogens (primary N) is 2. The molecule has 1 heterocycles. The van der Waals surface area contributed by atoms with E-state index < -0.39 is 0 Å². The number of aromatic nitrogens is 1. The van der Waals surface area contributed by atoms with E-state index in [0.29, 0.717) is 34.9 Å². The van der Waals surface area contributed by atoms with Gasteiger partial charge in [-0.15, -0.1) is 5.11 Å². The van der Waals surface area contributed by atoms with Crippen molar-refractivity contribution in [1.82, 2.24) is 4.98 Å². The molecule has 0 unspecified atom stereocenters. The van der Waals surface area contributed by atoms with Gasteiger partial charge in [0, 0.05) is 22.5 Å². The van der Waals surface area contributed by atoms with Gasteiger partial charge in [0.1, 0.15) is 17.2 Å². The highest BCUT2D eigenvalue weighted by Gasteiger charge is 2.09. The lowest BCUT2D eigenvalue weighted by molar-refractivity contribution is 0.341. The van der Waals surface area contributed by atoms with Gasteiger partial charge in [0.25, 0.3) is 0 Å². The van der Waals surface area contributed by atoms with Crippen molar-refractivity contribution >= 4 is 44.6 Å². The third-order valence-electron chi connectivity index (χ3n) is 4.35. The summed E-state index contributed by atoms with van der Waals surface area (Å²) in [5.41, 5.74) is 15.5. The van der Waals surface area contributed by atoms with Crippen LogP contribution >= 0.6 is 0 Å². The van der Waals surface area contributed by atoms with E-state index in [9.17, 15) is 5.11 Å². The summed E-state index contributed by atoms with van der Waals surface area (Å²) >= 11 is 0. The molecule has 7 heteroatoms. The minimum Gasteiger partial charge on any atom is -0.506 e. The Morgan fingerprint density at radius 3 is 2.57 bits per heavy atom. The number of hydrogen-bond acceptors (Lipinski definition) is 7. The fourth-order valence-electron chi connectivity index (χ4n) is 3.00. The molecule has 7 nitrogen and oxygen atoms in total. The summed E-state index contributed by atoms with van der Waals surface area (Å²) in [6.07, 6.45) is 0. The van der Waals surface area contributed by atoms with Crippen molar-refractivity contribution in [2.75, 3.05) is 18.1 Å². The van der Waals surface area contributed by atoms with Crippen molar-refractivity contribution in [2.45, 2.75) is 6.92 Å². The van der Waals surface area contributed by atoms with Crippen LogP contribution in [-0.2, 0) is 0 Å². The summed E-state index contributed by atoms with van der Waals surface area (Å²) < 4.78 is 5.55. The van der Waals surface area contributed by atoms with E-state index in [1.54, 1.807) is 24.3 Å². The molecule has 4 rings (SSSR count). The van der Waals surface area contributed by atoms with Crippen LogP contribution in [0, 0.1) is 0 Å². The second-order valence-corrected chi connectivity index (χ2v) is 6.29. The molecule has 0 saturated heterocycles. The van der Waals surface area contributed by atoms with E-state index in [0.717, 1.165) is 22.0 Å². The average molecular weight is 373 g/mol. The van der Waals surface area contributed by atoms with E-state index in [1.807, 2.05) is 31.2 Å². The first kappa shape index (κ1) is 17.5. The Morgan fingerprint density at radius 1 is 0.929 bits per heavy atom. The van der Waals surface area contributed by atoms with Gasteiger partial charge in [-0.05, 0) is 55.5 Å². The van der Waals surface area contributed by atoms with Crippen LogP contribution in [0.1, 0.15) is 6.92 Å². The van der Waals surface area contributed by atoms with Gasteiger partial charge >= 0.3 is 0 Å². The summed E-state index contributed by atoms with van der Waals surface area (Å²) in [5, 5.41) is 19.8. The van der Waals surface area contributed by atoms with Gasteiger partial charge in [-0.3, -0.25) is 0 Å². The third-order valence-corrected chi connectivity index (χ3v) is 4.35. The number of rotatable bonds is 4. The summed E-state index contributed by atoms with van der Waals surface area (Å²) in [4.78, 5) is 4.68. The number of hydrogen-bond donors (Lipinski definition) is 3. The number of fused-ring (bicyclic) bond motifs is 2. The Hall–Kier alpha value is -3.87.